The van der Waals surface area contributed by atoms with Gasteiger partial charge in [-0.15, -0.1) is 11.3 Å². The number of hydrogen-bond acceptors (Lipinski definition) is 4. The first-order valence-corrected chi connectivity index (χ1v) is 10.3. The van der Waals surface area contributed by atoms with Crippen LogP contribution in [0.4, 0.5) is 0 Å². The molecule has 5 rings (SSSR count). The number of imidazole rings is 1. The van der Waals surface area contributed by atoms with Crippen molar-refractivity contribution in [3.8, 4) is 16.1 Å². The van der Waals surface area contributed by atoms with E-state index in [1.807, 2.05) is 29.2 Å². The van der Waals surface area contributed by atoms with Crippen LogP contribution >= 0.6 is 22.9 Å². The minimum absolute atomic E-state index is 0.603. The molecule has 5 aromatic rings. The van der Waals surface area contributed by atoms with Gasteiger partial charge in [-0.1, -0.05) is 29.8 Å². The number of nitrogens with zero attached hydrogens (tertiary/aromatic N) is 3. The Balaban J connectivity index is 1.75. The maximum absolute atomic E-state index is 6.62. The molecule has 0 spiro atoms. The van der Waals surface area contributed by atoms with Crippen LogP contribution in [-0.2, 0) is 6.42 Å². The van der Waals surface area contributed by atoms with E-state index in [2.05, 4.69) is 51.7 Å². The van der Waals surface area contributed by atoms with Crippen LogP contribution in [0.15, 0.2) is 66.4 Å². The molecule has 0 aliphatic heterocycles. The van der Waals surface area contributed by atoms with Gasteiger partial charge in [-0.2, -0.15) is 0 Å². The summed E-state index contributed by atoms with van der Waals surface area (Å²) in [5, 5.41) is 3.83. The fourth-order valence-electron chi connectivity index (χ4n) is 3.54. The molecule has 0 saturated heterocycles. The zero-order valence-electron chi connectivity index (χ0n) is 15.0. The Morgan fingerprint density at radius 3 is 2.75 bits per heavy atom. The lowest BCUT2D eigenvalue weighted by Crippen LogP contribution is -2.03. The largest absolute Gasteiger partial charge is 0.330 e. The summed E-state index contributed by atoms with van der Waals surface area (Å²) in [7, 11) is 0. The molecule has 0 amide bonds. The second kappa shape index (κ2) is 7.02. The number of pyridine rings is 1. The van der Waals surface area contributed by atoms with Gasteiger partial charge in [0.1, 0.15) is 11.8 Å². The van der Waals surface area contributed by atoms with E-state index >= 15 is 0 Å². The number of nitrogens with two attached hydrogens (primary N) is 1. The topological polar surface area (TPSA) is 56.7 Å². The van der Waals surface area contributed by atoms with E-state index in [0.29, 0.717) is 11.6 Å². The molecule has 0 bridgehead atoms. The molecular weight excluding hydrogens is 388 g/mol. The maximum atomic E-state index is 6.62. The highest BCUT2D eigenvalue weighted by atomic mass is 35.5. The van der Waals surface area contributed by atoms with Crippen molar-refractivity contribution >= 4 is 44.9 Å². The number of aromatic nitrogens is 3. The molecule has 0 aliphatic carbocycles. The van der Waals surface area contributed by atoms with E-state index in [1.165, 1.54) is 10.4 Å². The molecule has 0 atom stereocenters. The highest BCUT2D eigenvalue weighted by molar-refractivity contribution is 7.13. The van der Waals surface area contributed by atoms with Crippen molar-refractivity contribution in [3.05, 3.63) is 77.0 Å². The van der Waals surface area contributed by atoms with Gasteiger partial charge in [0.2, 0.25) is 0 Å². The van der Waals surface area contributed by atoms with Crippen LogP contribution in [-0.4, -0.2) is 21.1 Å². The van der Waals surface area contributed by atoms with Crippen LogP contribution in [0.2, 0.25) is 5.02 Å². The lowest BCUT2D eigenvalue weighted by molar-refractivity contribution is 0.966. The van der Waals surface area contributed by atoms with Crippen molar-refractivity contribution in [1.29, 1.82) is 0 Å². The third-order valence-corrected chi connectivity index (χ3v) is 6.11. The van der Waals surface area contributed by atoms with Gasteiger partial charge < -0.3 is 5.73 Å². The van der Waals surface area contributed by atoms with Crippen LogP contribution in [0, 0.1) is 0 Å². The summed E-state index contributed by atoms with van der Waals surface area (Å²) < 4.78 is 2.05. The number of thiophene rings is 1. The molecule has 6 heteroatoms. The van der Waals surface area contributed by atoms with Gasteiger partial charge in [0.15, 0.2) is 0 Å². The Hall–Kier alpha value is -2.73. The first-order chi connectivity index (χ1) is 13.7. The first kappa shape index (κ1) is 17.4. The Morgan fingerprint density at radius 1 is 1.04 bits per heavy atom. The van der Waals surface area contributed by atoms with Crippen molar-refractivity contribution in [2.45, 2.75) is 6.42 Å². The van der Waals surface area contributed by atoms with Crippen LogP contribution in [0.5, 0.6) is 0 Å². The van der Waals surface area contributed by atoms with E-state index in [0.717, 1.165) is 39.6 Å². The van der Waals surface area contributed by atoms with Crippen LogP contribution < -0.4 is 5.73 Å². The molecule has 2 N–H and O–H groups in total. The zero-order valence-corrected chi connectivity index (χ0v) is 16.5. The van der Waals surface area contributed by atoms with E-state index in [1.54, 1.807) is 11.3 Å². The van der Waals surface area contributed by atoms with Crippen molar-refractivity contribution in [1.82, 2.24) is 14.5 Å². The van der Waals surface area contributed by atoms with E-state index in [-0.39, 0.29) is 0 Å². The number of rotatable bonds is 4. The fourth-order valence-corrected chi connectivity index (χ4v) is 4.56. The highest BCUT2D eigenvalue weighted by Crippen LogP contribution is 2.33. The predicted molar refractivity (Wildman–Crippen MR) is 117 cm³/mol. The molecule has 0 radical (unpaired) electrons. The Bertz CT molecular complexity index is 1290. The number of halogens is 1. The molecule has 0 unspecified atom stereocenters. The first-order valence-electron chi connectivity index (χ1n) is 9.03. The van der Waals surface area contributed by atoms with Gasteiger partial charge in [-0.05, 0) is 59.8 Å². The summed E-state index contributed by atoms with van der Waals surface area (Å²) in [5.41, 5.74) is 11.7. The van der Waals surface area contributed by atoms with Gasteiger partial charge in [0.05, 0.1) is 27.9 Å². The zero-order chi connectivity index (χ0) is 19.1. The second-order valence-electron chi connectivity index (χ2n) is 6.64. The molecule has 2 aromatic carbocycles. The van der Waals surface area contributed by atoms with Crippen LogP contribution in [0.3, 0.4) is 0 Å². The van der Waals surface area contributed by atoms with Gasteiger partial charge >= 0.3 is 0 Å². The molecule has 28 heavy (non-hydrogen) atoms. The van der Waals surface area contributed by atoms with Crippen molar-refractivity contribution in [3.63, 3.8) is 0 Å². The van der Waals surface area contributed by atoms with Crippen LogP contribution in [0.1, 0.15) is 5.56 Å². The number of hydrogen-bond donors (Lipinski definition) is 1. The Morgan fingerprint density at radius 2 is 1.96 bits per heavy atom. The minimum atomic E-state index is 0.603. The SMILES string of the molecule is NCCc1ccc(-n2cnc3cnc4ccc(-c5cccs5)cc4c32)c(Cl)c1. The Kier molecular flexibility index (Phi) is 4.36. The summed E-state index contributed by atoms with van der Waals surface area (Å²) in [5.74, 6) is 0. The molecule has 4 nitrogen and oxygen atoms in total. The van der Waals surface area contributed by atoms with Crippen molar-refractivity contribution < 1.29 is 0 Å². The quantitative estimate of drug-likeness (QED) is 0.433. The molecular formula is C22H17ClN4S. The average Bonchev–Trinajstić information content (AvgIpc) is 3.38. The molecule has 3 aromatic heterocycles. The average molecular weight is 405 g/mol. The predicted octanol–water partition coefficient (Wildman–Crippen LogP) is 5.46. The van der Waals surface area contributed by atoms with Crippen LogP contribution in [0.25, 0.3) is 38.1 Å². The second-order valence-corrected chi connectivity index (χ2v) is 8.00. The highest BCUT2D eigenvalue weighted by Gasteiger charge is 2.13. The lowest BCUT2D eigenvalue weighted by atomic mass is 10.1. The molecule has 0 aliphatic rings. The standard InChI is InChI=1S/C22H17ClN4S/c23-17-10-14(7-8-24)3-6-20(17)27-13-26-19-12-25-18-5-4-15(11-16(18)22(19)27)21-2-1-9-28-21/h1-6,9-13H,7-8,24H2. The van der Waals surface area contributed by atoms with E-state index in [9.17, 15) is 0 Å². The van der Waals surface area contributed by atoms with Crippen molar-refractivity contribution in [2.75, 3.05) is 6.54 Å². The summed E-state index contributed by atoms with van der Waals surface area (Å²) in [6.07, 6.45) is 4.44. The lowest BCUT2D eigenvalue weighted by Gasteiger charge is -2.11. The normalized spacial score (nSPS) is 11.5. The maximum Gasteiger partial charge on any atom is 0.108 e. The molecule has 0 saturated carbocycles. The third-order valence-electron chi connectivity index (χ3n) is 4.88. The summed E-state index contributed by atoms with van der Waals surface area (Å²) >= 11 is 8.34. The fraction of sp³-hybridized carbons (Fsp3) is 0.0909. The number of benzene rings is 2. The number of fused-ring (bicyclic) bond motifs is 3. The Labute approximate surface area is 171 Å². The smallest absolute Gasteiger partial charge is 0.108 e. The minimum Gasteiger partial charge on any atom is -0.330 e. The molecule has 138 valence electrons. The van der Waals surface area contributed by atoms with Crippen molar-refractivity contribution in [2.24, 2.45) is 5.73 Å². The van der Waals surface area contributed by atoms with Gasteiger partial charge in [0, 0.05) is 10.3 Å². The van der Waals surface area contributed by atoms with Gasteiger partial charge in [-0.25, -0.2) is 4.98 Å². The third kappa shape index (κ3) is 2.88. The summed E-state index contributed by atoms with van der Waals surface area (Å²) in [6, 6.07) is 16.6. The monoisotopic (exact) mass is 404 g/mol. The van der Waals surface area contributed by atoms with Gasteiger partial charge in [0.25, 0.3) is 0 Å². The van der Waals surface area contributed by atoms with E-state index in [4.69, 9.17) is 17.3 Å². The summed E-state index contributed by atoms with van der Waals surface area (Å²) in [6.45, 7) is 0.603. The molecule has 0 fully saturated rings. The molecule has 3 heterocycles. The summed E-state index contributed by atoms with van der Waals surface area (Å²) in [4.78, 5) is 10.4. The van der Waals surface area contributed by atoms with E-state index < -0.39 is 0 Å². The van der Waals surface area contributed by atoms with Gasteiger partial charge in [-0.3, -0.25) is 9.55 Å².